The van der Waals surface area contributed by atoms with E-state index in [9.17, 15) is 4.79 Å². The van der Waals surface area contributed by atoms with E-state index in [2.05, 4.69) is 0 Å². The largest absolute Gasteiger partial charge is 0.489 e. The molecule has 4 nitrogen and oxygen atoms in total. The number of benzene rings is 1. The zero-order valence-electron chi connectivity index (χ0n) is 11.6. The first kappa shape index (κ1) is 17.1. The van der Waals surface area contributed by atoms with Gasteiger partial charge in [0.25, 0.3) is 0 Å². The number of carbonyl (C=O) groups is 1. The zero-order valence-corrected chi connectivity index (χ0v) is 13.1. The summed E-state index contributed by atoms with van der Waals surface area (Å²) in [6.07, 6.45) is 0.875. The van der Waals surface area contributed by atoms with Crippen molar-refractivity contribution in [2.24, 2.45) is 0 Å². The first-order valence-corrected chi connectivity index (χ1v) is 7.24. The van der Waals surface area contributed by atoms with Gasteiger partial charge in [0, 0.05) is 12.6 Å². The average molecular weight is 320 g/mol. The SMILES string of the molecule is CCC(C)N(CCOc1c(Cl)cccc1Cl)CC(=O)O. The van der Waals surface area contributed by atoms with Crippen LogP contribution in [0.1, 0.15) is 20.3 Å². The first-order chi connectivity index (χ1) is 9.45. The highest BCUT2D eigenvalue weighted by atomic mass is 35.5. The van der Waals surface area contributed by atoms with Crippen molar-refractivity contribution in [3.8, 4) is 5.75 Å². The zero-order chi connectivity index (χ0) is 15.1. The van der Waals surface area contributed by atoms with E-state index < -0.39 is 5.97 Å². The van der Waals surface area contributed by atoms with Crippen LogP contribution >= 0.6 is 23.2 Å². The van der Waals surface area contributed by atoms with Crippen molar-refractivity contribution in [3.63, 3.8) is 0 Å². The summed E-state index contributed by atoms with van der Waals surface area (Å²) >= 11 is 12.0. The first-order valence-electron chi connectivity index (χ1n) is 6.48. The molecule has 6 heteroatoms. The van der Waals surface area contributed by atoms with Gasteiger partial charge in [0.05, 0.1) is 16.6 Å². The minimum atomic E-state index is -0.846. The number of ether oxygens (including phenoxy) is 1. The third-order valence-corrected chi connectivity index (χ3v) is 3.69. The third-order valence-electron chi connectivity index (χ3n) is 3.10. The Bertz CT molecular complexity index is 434. The normalized spacial score (nSPS) is 12.4. The summed E-state index contributed by atoms with van der Waals surface area (Å²) in [5, 5.41) is 9.81. The Labute approximate surface area is 129 Å². The maximum Gasteiger partial charge on any atom is 0.317 e. The molecule has 0 saturated carbocycles. The summed E-state index contributed by atoms with van der Waals surface area (Å²) in [6.45, 7) is 4.84. The second kappa shape index (κ2) is 8.35. The molecule has 1 unspecified atom stereocenters. The van der Waals surface area contributed by atoms with E-state index in [4.69, 9.17) is 33.0 Å². The minimum absolute atomic E-state index is 0.00534. The molecule has 1 aromatic rings. The quantitative estimate of drug-likeness (QED) is 0.796. The number of nitrogens with zero attached hydrogens (tertiary/aromatic N) is 1. The molecule has 0 heterocycles. The van der Waals surface area contributed by atoms with E-state index >= 15 is 0 Å². The number of hydrogen-bond donors (Lipinski definition) is 1. The highest BCUT2D eigenvalue weighted by Crippen LogP contribution is 2.32. The summed E-state index contributed by atoms with van der Waals surface area (Å²) in [4.78, 5) is 12.7. The van der Waals surface area contributed by atoms with E-state index in [1.807, 2.05) is 18.7 Å². The molecular formula is C14H19Cl2NO3. The molecule has 1 rings (SSSR count). The Kier molecular flexibility index (Phi) is 7.13. The second-order valence-corrected chi connectivity index (χ2v) is 5.34. The molecule has 0 amide bonds. The van der Waals surface area contributed by atoms with Crippen molar-refractivity contribution >= 4 is 29.2 Å². The number of carboxylic acids is 1. The maximum absolute atomic E-state index is 10.8. The Morgan fingerprint density at radius 3 is 2.50 bits per heavy atom. The van der Waals surface area contributed by atoms with Gasteiger partial charge in [-0.05, 0) is 25.5 Å². The Morgan fingerprint density at radius 1 is 1.40 bits per heavy atom. The topological polar surface area (TPSA) is 49.8 Å². The molecule has 20 heavy (non-hydrogen) atoms. The Balaban J connectivity index is 2.58. The van der Waals surface area contributed by atoms with Crippen LogP contribution in [0.2, 0.25) is 10.0 Å². The highest BCUT2D eigenvalue weighted by Gasteiger charge is 2.16. The predicted octanol–water partition coefficient (Wildman–Crippen LogP) is 3.56. The molecule has 0 saturated heterocycles. The number of aliphatic carboxylic acids is 1. The molecule has 0 aliphatic carbocycles. The van der Waals surface area contributed by atoms with Crippen molar-refractivity contribution in [3.05, 3.63) is 28.2 Å². The van der Waals surface area contributed by atoms with Gasteiger partial charge in [-0.25, -0.2) is 0 Å². The fourth-order valence-electron chi connectivity index (χ4n) is 1.77. The fraction of sp³-hybridized carbons (Fsp3) is 0.500. The predicted molar refractivity (Wildman–Crippen MR) is 80.9 cm³/mol. The minimum Gasteiger partial charge on any atom is -0.489 e. The molecule has 1 atom stereocenters. The summed E-state index contributed by atoms with van der Waals surface area (Å²) in [7, 11) is 0. The lowest BCUT2D eigenvalue weighted by Gasteiger charge is -2.26. The van der Waals surface area contributed by atoms with Crippen LogP contribution in [0.3, 0.4) is 0 Å². The monoisotopic (exact) mass is 319 g/mol. The molecule has 0 aromatic heterocycles. The molecule has 112 valence electrons. The third kappa shape index (κ3) is 5.19. The van der Waals surface area contributed by atoms with Crippen molar-refractivity contribution in [1.29, 1.82) is 0 Å². The van der Waals surface area contributed by atoms with E-state index in [-0.39, 0.29) is 12.6 Å². The van der Waals surface area contributed by atoms with Gasteiger partial charge >= 0.3 is 5.97 Å². The number of para-hydroxylation sites is 1. The molecule has 0 bridgehead atoms. The summed E-state index contributed by atoms with van der Waals surface area (Å²) < 4.78 is 5.58. The number of halogens is 2. The number of rotatable bonds is 8. The van der Waals surface area contributed by atoms with Gasteiger partial charge < -0.3 is 9.84 Å². The van der Waals surface area contributed by atoms with Crippen LogP contribution in [0.5, 0.6) is 5.75 Å². The summed E-state index contributed by atoms with van der Waals surface area (Å²) in [6, 6.07) is 5.32. The Hall–Kier alpha value is -0.970. The van der Waals surface area contributed by atoms with Crippen LogP contribution in [0.25, 0.3) is 0 Å². The number of carboxylic acid groups (broad SMARTS) is 1. The van der Waals surface area contributed by atoms with Gasteiger partial charge in [-0.1, -0.05) is 36.2 Å². The summed E-state index contributed by atoms with van der Waals surface area (Å²) in [5.41, 5.74) is 0. The molecule has 1 aromatic carbocycles. The van der Waals surface area contributed by atoms with Gasteiger partial charge in [-0.3, -0.25) is 9.69 Å². The van der Waals surface area contributed by atoms with E-state index in [1.165, 1.54) is 0 Å². The number of hydrogen-bond acceptors (Lipinski definition) is 3. The lowest BCUT2D eigenvalue weighted by Crippen LogP contribution is -2.39. The van der Waals surface area contributed by atoms with Gasteiger partial charge in [0.1, 0.15) is 6.61 Å². The smallest absolute Gasteiger partial charge is 0.317 e. The van der Waals surface area contributed by atoms with Crippen molar-refractivity contribution < 1.29 is 14.6 Å². The van der Waals surface area contributed by atoms with Crippen molar-refractivity contribution in [1.82, 2.24) is 4.90 Å². The fourth-order valence-corrected chi connectivity index (χ4v) is 2.28. The lowest BCUT2D eigenvalue weighted by molar-refractivity contribution is -0.139. The van der Waals surface area contributed by atoms with Gasteiger partial charge in [-0.15, -0.1) is 0 Å². The van der Waals surface area contributed by atoms with Gasteiger partial charge in [0.2, 0.25) is 0 Å². The second-order valence-electron chi connectivity index (χ2n) is 4.52. The van der Waals surface area contributed by atoms with Crippen molar-refractivity contribution in [2.75, 3.05) is 19.7 Å². The molecule has 0 aliphatic rings. The molecule has 0 spiro atoms. The molecule has 1 N–H and O–H groups in total. The highest BCUT2D eigenvalue weighted by molar-refractivity contribution is 6.37. The van der Waals surface area contributed by atoms with E-state index in [1.54, 1.807) is 18.2 Å². The van der Waals surface area contributed by atoms with Crippen LogP contribution in [0.4, 0.5) is 0 Å². The van der Waals surface area contributed by atoms with Crippen LogP contribution < -0.4 is 4.74 Å². The summed E-state index contributed by atoms with van der Waals surface area (Å²) in [5.74, 6) is -0.406. The molecular weight excluding hydrogens is 301 g/mol. The van der Waals surface area contributed by atoms with Crippen LogP contribution in [-0.2, 0) is 4.79 Å². The van der Waals surface area contributed by atoms with Gasteiger partial charge in [-0.2, -0.15) is 0 Å². The maximum atomic E-state index is 10.8. The average Bonchev–Trinajstić information content (AvgIpc) is 2.39. The lowest BCUT2D eigenvalue weighted by atomic mass is 10.2. The van der Waals surface area contributed by atoms with Crippen LogP contribution in [-0.4, -0.2) is 41.7 Å². The van der Waals surface area contributed by atoms with Gasteiger partial charge in [0.15, 0.2) is 5.75 Å². The Morgan fingerprint density at radius 2 is 2.00 bits per heavy atom. The van der Waals surface area contributed by atoms with E-state index in [0.29, 0.717) is 28.9 Å². The van der Waals surface area contributed by atoms with Crippen LogP contribution in [0.15, 0.2) is 18.2 Å². The molecule has 0 fully saturated rings. The standard InChI is InChI=1S/C14H19Cl2NO3/c1-3-10(2)17(9-13(18)19)7-8-20-14-11(15)5-4-6-12(14)16/h4-6,10H,3,7-9H2,1-2H3,(H,18,19). The van der Waals surface area contributed by atoms with Crippen molar-refractivity contribution in [2.45, 2.75) is 26.3 Å². The van der Waals surface area contributed by atoms with E-state index in [0.717, 1.165) is 6.42 Å². The molecule has 0 radical (unpaired) electrons. The van der Waals surface area contributed by atoms with Crippen LogP contribution in [0, 0.1) is 0 Å². The molecule has 0 aliphatic heterocycles.